The van der Waals surface area contributed by atoms with Crippen molar-refractivity contribution in [2.75, 3.05) is 0 Å². The van der Waals surface area contributed by atoms with Gasteiger partial charge in [0.05, 0.1) is 0 Å². The van der Waals surface area contributed by atoms with E-state index in [1.165, 1.54) is 82.1 Å². The molecule has 2 aliphatic rings. The van der Waals surface area contributed by atoms with E-state index in [1.807, 2.05) is 6.20 Å². The molecule has 0 aliphatic carbocycles. The molecule has 2 aliphatic heterocycles. The number of aromatic nitrogens is 2. The predicted molar refractivity (Wildman–Crippen MR) is 330 cm³/mol. The summed E-state index contributed by atoms with van der Waals surface area (Å²) in [5.41, 5.74) is 16.2. The van der Waals surface area contributed by atoms with Crippen molar-refractivity contribution in [1.82, 2.24) is 18.7 Å². The third-order valence-corrected chi connectivity index (χ3v) is 21.6. The van der Waals surface area contributed by atoms with E-state index in [2.05, 4.69) is 295 Å². The Labute approximate surface area is 479 Å². The Kier molecular flexibility index (Phi) is 13.1. The van der Waals surface area contributed by atoms with Crippen molar-refractivity contribution in [1.29, 1.82) is 0 Å². The van der Waals surface area contributed by atoms with E-state index in [4.69, 9.17) is 4.98 Å². The van der Waals surface area contributed by atoms with Gasteiger partial charge in [-0.1, -0.05) is 211 Å². The zero-order chi connectivity index (χ0) is 54.0. The molecule has 4 heterocycles. The van der Waals surface area contributed by atoms with Crippen LogP contribution in [0.1, 0.15) is 130 Å². The summed E-state index contributed by atoms with van der Waals surface area (Å²) in [4.78, 5) is 5.25. The fourth-order valence-corrected chi connectivity index (χ4v) is 17.3. The molecule has 78 heavy (non-hydrogen) atoms. The standard InChI is InChI=1S/C72H73N4Si.Pt/c1-48(2)60-31-23-32-61(49(3)4)69(60)50-38-39-73-68(40-50)74-64-33-21-20-30-62(64)63-36-35-58(46-65(63)74)77(56-26-16-14-17-27-56,57-28-18-15-19-29-57)59-43-53(72(11,12)13)42-55(45-59)76-47-75(76,54-25-22-24-51(41-54)70(5,6)7)66-37-34-52(44-67(66)76)71(8,9)10;/h14-44,47-49H,1-13H3;/q-1;/t75-,76?;/m0./s1. The van der Waals surface area contributed by atoms with Crippen LogP contribution in [0.2, 0.25) is 0 Å². The van der Waals surface area contributed by atoms with Crippen LogP contribution >= 0.6 is 0 Å². The van der Waals surface area contributed by atoms with Crippen LogP contribution in [0.3, 0.4) is 0 Å². The quantitative estimate of drug-likeness (QED) is 0.0439. The smallest absolute Gasteiger partial charge is 0.225 e. The molecule has 1 saturated heterocycles. The maximum Gasteiger partial charge on any atom is 0.225 e. The Bertz CT molecular complexity index is 3860. The number of para-hydroxylation sites is 1. The van der Waals surface area contributed by atoms with Crippen LogP contribution in [0, 0.1) is 18.8 Å². The van der Waals surface area contributed by atoms with Crippen molar-refractivity contribution in [3.8, 4) is 16.9 Å². The predicted octanol–water partition coefficient (Wildman–Crippen LogP) is 16.3. The first-order chi connectivity index (χ1) is 36.7. The summed E-state index contributed by atoms with van der Waals surface area (Å²) in [6.07, 6.45) is 2.01. The fourth-order valence-electron chi connectivity index (χ4n) is 12.7. The molecule has 1 unspecified atom stereocenters. The van der Waals surface area contributed by atoms with Crippen molar-refractivity contribution in [2.45, 2.75) is 118 Å². The molecule has 0 radical (unpaired) electrons. The maximum atomic E-state index is 5.25. The Morgan fingerprint density at radius 1 is 0.500 bits per heavy atom. The summed E-state index contributed by atoms with van der Waals surface area (Å²) in [5, 5.41) is 7.31. The average molecular weight is 1220 g/mol. The van der Waals surface area contributed by atoms with Crippen LogP contribution in [-0.2, 0) is 37.3 Å². The van der Waals surface area contributed by atoms with Crippen molar-refractivity contribution in [3.05, 3.63) is 235 Å². The average Bonchev–Trinajstić information content (AvgIpc) is 2.55. The second-order valence-corrected chi connectivity index (χ2v) is 29.4. The van der Waals surface area contributed by atoms with Gasteiger partial charge in [0.15, 0.2) is 12.4 Å². The minimum Gasteiger partial charge on any atom is -0.319 e. The van der Waals surface area contributed by atoms with E-state index in [1.54, 1.807) is 0 Å². The summed E-state index contributed by atoms with van der Waals surface area (Å²) in [6.45, 7) is 32.8. The number of hydrogen-bond acceptors (Lipinski definition) is 1. The van der Waals surface area contributed by atoms with Gasteiger partial charge in [0.25, 0.3) is 0 Å². The van der Waals surface area contributed by atoms with Gasteiger partial charge < -0.3 is 4.57 Å². The number of nitrogens with zero attached hydrogens (tertiary/aromatic N) is 4. The first-order valence-corrected chi connectivity index (χ1v) is 29.9. The molecule has 4 nitrogen and oxygen atoms in total. The Hall–Kier alpha value is -6.46. The summed E-state index contributed by atoms with van der Waals surface area (Å²) >= 11 is 0. The van der Waals surface area contributed by atoms with Gasteiger partial charge in [-0.15, -0.1) is 23.1 Å². The van der Waals surface area contributed by atoms with Crippen molar-refractivity contribution < 1.29 is 21.1 Å². The number of hydrogen-bond donors (Lipinski definition) is 0. The molecule has 0 saturated carbocycles. The van der Waals surface area contributed by atoms with Crippen LogP contribution < -0.4 is 29.9 Å². The van der Waals surface area contributed by atoms with E-state index >= 15 is 0 Å². The molecule has 6 heteroatoms. The number of fused-ring (bicyclic) bond motifs is 7. The molecule has 396 valence electrons. The molecule has 10 aromatic rings. The van der Waals surface area contributed by atoms with Crippen LogP contribution in [0.4, 0.5) is 22.7 Å². The molecule has 0 spiro atoms. The second-order valence-electron chi connectivity index (χ2n) is 25.7. The molecule has 12 rings (SSSR count). The Morgan fingerprint density at radius 2 is 1.10 bits per heavy atom. The molecular formula is C72H73N4PtSi-. The topological polar surface area (TPSA) is 17.8 Å². The minimum absolute atomic E-state index is 0. The van der Waals surface area contributed by atoms with Crippen LogP contribution in [0.5, 0.6) is 0 Å². The molecule has 1 fully saturated rings. The fraction of sp³-hybridized carbons (Fsp3) is 0.250. The van der Waals surface area contributed by atoms with Crippen LogP contribution in [0.15, 0.2) is 188 Å². The van der Waals surface area contributed by atoms with Crippen molar-refractivity contribution >= 4 is 73.4 Å². The third-order valence-electron chi connectivity index (χ3n) is 17.0. The number of benzene rings is 8. The monoisotopic (exact) mass is 1220 g/mol. The van der Waals surface area contributed by atoms with Gasteiger partial charge in [0, 0.05) is 62.7 Å². The van der Waals surface area contributed by atoms with Gasteiger partial charge in [-0.3, -0.25) is 0 Å². The number of pyridine rings is 1. The van der Waals surface area contributed by atoms with E-state index in [0.29, 0.717) is 21.0 Å². The van der Waals surface area contributed by atoms with Crippen LogP contribution in [-0.4, -0.2) is 17.6 Å². The zero-order valence-corrected chi connectivity index (χ0v) is 51.0. The van der Waals surface area contributed by atoms with Crippen LogP contribution in [0.25, 0.3) is 38.8 Å². The molecule has 0 amide bonds. The molecular weight excluding hydrogens is 1140 g/mol. The molecule has 2 aromatic heterocycles. The van der Waals surface area contributed by atoms with Gasteiger partial charge >= 0.3 is 0 Å². The molecule has 8 aromatic carbocycles. The van der Waals surface area contributed by atoms with Crippen molar-refractivity contribution in [3.63, 3.8) is 0 Å². The van der Waals surface area contributed by atoms with E-state index in [0.717, 1.165) is 27.9 Å². The molecule has 0 N–H and O–H groups in total. The van der Waals surface area contributed by atoms with E-state index in [-0.39, 0.29) is 37.3 Å². The summed E-state index contributed by atoms with van der Waals surface area (Å²) in [5.74, 6) is 1.60. The van der Waals surface area contributed by atoms with Gasteiger partial charge in [0.2, 0.25) is 11.4 Å². The first kappa shape index (κ1) is 53.5. The zero-order valence-electron chi connectivity index (χ0n) is 47.7. The minimum atomic E-state index is -3.33. The largest absolute Gasteiger partial charge is 0.319 e. The SMILES string of the molecule is CC(C)c1cccc(C(C)C)c1-c1ccnc(-n2c3[c-]c([Si](c4[c-]c([N+]56[CH-][N@+]5(c5cccc(C(C)(C)C)c5)c5ccc(C(C)(C)C)cc56)cc(C(C)(C)C)c4)(c4ccccc4)c4ccccc4)ccc3c3ccccc32)c1.[Pt]. The summed E-state index contributed by atoms with van der Waals surface area (Å²) in [7, 11) is -3.33. The van der Waals surface area contributed by atoms with Crippen molar-refractivity contribution in [2.24, 2.45) is 0 Å². The normalized spacial score (nSPS) is 17.2. The molecule has 0 bridgehead atoms. The Balaban J connectivity index is 0.00000645. The first-order valence-electron chi connectivity index (χ1n) is 27.9. The summed E-state index contributed by atoms with van der Waals surface area (Å²) < 4.78 is 3.56. The van der Waals surface area contributed by atoms with Gasteiger partial charge in [-0.25, -0.2) is 9.58 Å². The second kappa shape index (κ2) is 19.1. The van der Waals surface area contributed by atoms with E-state index in [9.17, 15) is 0 Å². The number of quaternary nitrogens is 2. The third kappa shape index (κ3) is 8.20. The summed E-state index contributed by atoms with van der Waals surface area (Å²) in [6, 6.07) is 78.1. The Morgan fingerprint density at radius 3 is 1.73 bits per heavy atom. The van der Waals surface area contributed by atoms with Gasteiger partial charge in [-0.05, 0) is 95.4 Å². The van der Waals surface area contributed by atoms with Gasteiger partial charge in [0.1, 0.15) is 13.9 Å². The van der Waals surface area contributed by atoms with E-state index < -0.39 is 8.07 Å². The number of rotatable bonds is 10. The molecule has 2 atom stereocenters. The van der Waals surface area contributed by atoms with Gasteiger partial charge in [-0.2, -0.15) is 39.2 Å². The maximum absolute atomic E-state index is 5.25.